The number of aryl methyl sites for hydroxylation is 1. The van der Waals surface area contributed by atoms with Gasteiger partial charge in [-0.1, -0.05) is 41.0 Å². The molecule has 0 fully saturated rings. The second-order valence-corrected chi connectivity index (χ2v) is 5.05. The van der Waals surface area contributed by atoms with Crippen molar-refractivity contribution in [3.05, 3.63) is 27.2 Å². The Morgan fingerprint density at radius 3 is 2.68 bits per heavy atom. The van der Waals surface area contributed by atoms with Gasteiger partial charge in [-0.3, -0.25) is 4.79 Å². The maximum Gasteiger partial charge on any atom is 0.269 e. The molecule has 19 heavy (non-hydrogen) atoms. The van der Waals surface area contributed by atoms with Crippen LogP contribution in [-0.4, -0.2) is 25.5 Å². The molecule has 1 amide bonds. The first kappa shape index (κ1) is 14.1. The van der Waals surface area contributed by atoms with E-state index in [4.69, 9.17) is 23.2 Å². The van der Waals surface area contributed by atoms with Crippen LogP contribution in [0.1, 0.15) is 28.7 Å². The Balaban J connectivity index is 2.24. The first-order valence-corrected chi connectivity index (χ1v) is 6.95. The molecule has 0 bridgehead atoms. The zero-order valence-corrected chi connectivity index (χ0v) is 12.2. The molecule has 0 saturated carbocycles. The van der Waals surface area contributed by atoms with Crippen molar-refractivity contribution >= 4 is 46.3 Å². The number of carbonyl (C=O) groups excluding carboxylic acids is 1. The van der Waals surface area contributed by atoms with Gasteiger partial charge in [-0.15, -0.1) is 5.10 Å². The highest BCUT2D eigenvalue weighted by Crippen LogP contribution is 2.27. The highest BCUT2D eigenvalue weighted by molar-refractivity contribution is 7.08. The van der Waals surface area contributed by atoms with Crippen molar-refractivity contribution in [2.45, 2.75) is 19.8 Å². The molecule has 0 aromatic carbocycles. The number of nitrogens with one attached hydrogen (secondary N) is 1. The zero-order chi connectivity index (χ0) is 13.8. The number of halogens is 2. The van der Waals surface area contributed by atoms with Gasteiger partial charge in [0.15, 0.2) is 10.3 Å². The fourth-order valence-electron chi connectivity index (χ4n) is 1.40. The molecule has 0 spiro atoms. The predicted octanol–water partition coefficient (Wildman–Crippen LogP) is 2.84. The summed E-state index contributed by atoms with van der Waals surface area (Å²) in [5.41, 5.74) is 0.848. The Labute approximate surface area is 123 Å². The number of rotatable bonds is 4. The van der Waals surface area contributed by atoms with Gasteiger partial charge in [-0.2, -0.15) is 0 Å². The maximum atomic E-state index is 12.1. The summed E-state index contributed by atoms with van der Waals surface area (Å²) in [5, 5.41) is 6.68. The molecular formula is C10H9Cl2N5OS. The fraction of sp³-hybridized carbons (Fsp3) is 0.300. The highest BCUT2D eigenvalue weighted by atomic mass is 35.5. The summed E-state index contributed by atoms with van der Waals surface area (Å²) in [7, 11) is 0. The van der Waals surface area contributed by atoms with Crippen LogP contribution in [0.15, 0.2) is 6.33 Å². The topological polar surface area (TPSA) is 80.7 Å². The molecule has 2 aromatic heterocycles. The van der Waals surface area contributed by atoms with E-state index in [2.05, 4.69) is 24.9 Å². The van der Waals surface area contributed by atoms with Gasteiger partial charge in [0, 0.05) is 0 Å². The summed E-state index contributed by atoms with van der Waals surface area (Å²) in [5.74, 6) is -0.364. The molecule has 2 heterocycles. The van der Waals surface area contributed by atoms with Gasteiger partial charge >= 0.3 is 0 Å². The minimum atomic E-state index is -0.364. The maximum absolute atomic E-state index is 12.1. The molecule has 0 aliphatic rings. The summed E-state index contributed by atoms with van der Waals surface area (Å²) >= 11 is 12.7. The van der Waals surface area contributed by atoms with Crippen LogP contribution in [0.3, 0.4) is 0 Å². The van der Waals surface area contributed by atoms with Crippen LogP contribution in [0.5, 0.6) is 0 Å². The largest absolute Gasteiger partial charge is 0.316 e. The molecule has 0 radical (unpaired) electrons. The quantitative estimate of drug-likeness (QED) is 0.877. The van der Waals surface area contributed by atoms with E-state index in [-0.39, 0.29) is 21.9 Å². The molecule has 0 aliphatic carbocycles. The lowest BCUT2D eigenvalue weighted by atomic mass is 10.2. The predicted molar refractivity (Wildman–Crippen MR) is 73.9 cm³/mol. The number of amides is 1. The summed E-state index contributed by atoms with van der Waals surface area (Å²) in [6.45, 7) is 2.00. The average Bonchev–Trinajstić information content (AvgIpc) is 2.83. The van der Waals surface area contributed by atoms with E-state index >= 15 is 0 Å². The summed E-state index contributed by atoms with van der Waals surface area (Å²) in [6, 6.07) is 0. The summed E-state index contributed by atoms with van der Waals surface area (Å²) in [4.78, 5) is 20.1. The third-order valence-corrected chi connectivity index (χ3v) is 3.58. The molecule has 1 N–H and O–H groups in total. The standard InChI is InChI=1S/C10H9Cl2N5OS/c1-2-3-5-7(19-17-16-5)10(18)15-6-8(11)13-4-14-9(6)12/h4H,2-3H2,1H3,(H,15,18). The van der Waals surface area contributed by atoms with E-state index in [0.29, 0.717) is 17.0 Å². The van der Waals surface area contributed by atoms with E-state index < -0.39 is 0 Å². The summed E-state index contributed by atoms with van der Waals surface area (Å²) in [6.07, 6.45) is 2.78. The third kappa shape index (κ3) is 3.17. The monoisotopic (exact) mass is 317 g/mol. The van der Waals surface area contributed by atoms with Crippen molar-refractivity contribution in [3.63, 3.8) is 0 Å². The number of carbonyl (C=O) groups is 1. The van der Waals surface area contributed by atoms with E-state index in [1.54, 1.807) is 0 Å². The Bertz CT molecular complexity index is 583. The van der Waals surface area contributed by atoms with Gasteiger partial charge < -0.3 is 5.32 Å². The Morgan fingerprint density at radius 2 is 2.05 bits per heavy atom. The average molecular weight is 318 g/mol. The van der Waals surface area contributed by atoms with Crippen LogP contribution in [0, 0.1) is 0 Å². The van der Waals surface area contributed by atoms with Crippen LogP contribution < -0.4 is 5.32 Å². The molecule has 6 nitrogen and oxygen atoms in total. The molecule has 0 saturated heterocycles. The molecular weight excluding hydrogens is 309 g/mol. The fourth-order valence-corrected chi connectivity index (χ4v) is 2.41. The normalized spacial score (nSPS) is 10.5. The number of hydrogen-bond donors (Lipinski definition) is 1. The minimum Gasteiger partial charge on any atom is -0.316 e. The van der Waals surface area contributed by atoms with E-state index in [1.165, 1.54) is 6.33 Å². The van der Waals surface area contributed by atoms with Crippen LogP contribution in [0.4, 0.5) is 5.69 Å². The van der Waals surface area contributed by atoms with Crippen molar-refractivity contribution in [3.8, 4) is 0 Å². The lowest BCUT2D eigenvalue weighted by Gasteiger charge is -2.06. The van der Waals surface area contributed by atoms with Crippen LogP contribution >= 0.6 is 34.7 Å². The van der Waals surface area contributed by atoms with E-state index in [0.717, 1.165) is 18.0 Å². The van der Waals surface area contributed by atoms with Crippen molar-refractivity contribution in [2.24, 2.45) is 0 Å². The number of hydrogen-bond acceptors (Lipinski definition) is 6. The van der Waals surface area contributed by atoms with E-state index in [1.807, 2.05) is 6.92 Å². The third-order valence-electron chi connectivity index (χ3n) is 2.24. The minimum absolute atomic E-state index is 0.0860. The molecule has 9 heteroatoms. The van der Waals surface area contributed by atoms with Crippen molar-refractivity contribution < 1.29 is 4.79 Å². The van der Waals surface area contributed by atoms with Crippen LogP contribution in [-0.2, 0) is 6.42 Å². The Morgan fingerprint density at radius 1 is 1.37 bits per heavy atom. The van der Waals surface area contributed by atoms with Gasteiger partial charge in [-0.25, -0.2) is 9.97 Å². The number of aromatic nitrogens is 4. The van der Waals surface area contributed by atoms with Gasteiger partial charge in [-0.05, 0) is 18.0 Å². The van der Waals surface area contributed by atoms with Gasteiger partial charge in [0.25, 0.3) is 5.91 Å². The first-order valence-electron chi connectivity index (χ1n) is 5.42. The Kier molecular flexibility index (Phi) is 4.62. The second kappa shape index (κ2) is 6.23. The molecule has 2 aromatic rings. The van der Waals surface area contributed by atoms with Gasteiger partial charge in [0.05, 0.1) is 5.69 Å². The first-order chi connectivity index (χ1) is 9.13. The second-order valence-electron chi connectivity index (χ2n) is 3.58. The number of anilines is 1. The number of nitrogens with zero attached hydrogens (tertiary/aromatic N) is 4. The highest BCUT2D eigenvalue weighted by Gasteiger charge is 2.18. The lowest BCUT2D eigenvalue weighted by molar-refractivity contribution is 0.102. The molecule has 100 valence electrons. The molecule has 0 atom stereocenters. The summed E-state index contributed by atoms with van der Waals surface area (Å²) < 4.78 is 3.78. The van der Waals surface area contributed by atoms with Crippen LogP contribution in [0.2, 0.25) is 10.3 Å². The smallest absolute Gasteiger partial charge is 0.269 e. The van der Waals surface area contributed by atoms with Crippen molar-refractivity contribution in [2.75, 3.05) is 5.32 Å². The van der Waals surface area contributed by atoms with Crippen molar-refractivity contribution in [1.82, 2.24) is 19.6 Å². The Hall–Kier alpha value is -1.31. The van der Waals surface area contributed by atoms with Crippen LogP contribution in [0.25, 0.3) is 0 Å². The van der Waals surface area contributed by atoms with Crippen molar-refractivity contribution in [1.29, 1.82) is 0 Å². The zero-order valence-electron chi connectivity index (χ0n) is 9.85. The molecule has 0 aliphatic heterocycles. The molecule has 0 unspecified atom stereocenters. The molecule has 2 rings (SSSR count). The van der Waals surface area contributed by atoms with Gasteiger partial charge in [0.1, 0.15) is 16.9 Å². The SMILES string of the molecule is CCCc1nnsc1C(=O)Nc1c(Cl)ncnc1Cl. The lowest BCUT2D eigenvalue weighted by Crippen LogP contribution is -2.14. The van der Waals surface area contributed by atoms with E-state index in [9.17, 15) is 4.79 Å². The van der Waals surface area contributed by atoms with Gasteiger partial charge in [0.2, 0.25) is 0 Å².